The highest BCUT2D eigenvalue weighted by molar-refractivity contribution is 7.16. The average molecular weight is 297 g/mol. The maximum Gasteiger partial charge on any atom is 0.188 e. The van der Waals surface area contributed by atoms with Crippen LogP contribution in [0.5, 0.6) is 0 Å². The zero-order valence-corrected chi connectivity index (χ0v) is 12.3. The summed E-state index contributed by atoms with van der Waals surface area (Å²) >= 11 is 7.32. The van der Waals surface area contributed by atoms with Gasteiger partial charge < -0.3 is 10.2 Å². The number of halogens is 1. The van der Waals surface area contributed by atoms with Crippen LogP contribution in [0.3, 0.4) is 0 Å². The van der Waals surface area contributed by atoms with Gasteiger partial charge in [-0.1, -0.05) is 22.9 Å². The van der Waals surface area contributed by atoms with Crippen molar-refractivity contribution in [2.75, 3.05) is 24.5 Å². The van der Waals surface area contributed by atoms with E-state index in [4.69, 9.17) is 16.9 Å². The third kappa shape index (κ3) is 3.19. The second kappa shape index (κ2) is 5.66. The van der Waals surface area contributed by atoms with Gasteiger partial charge in [-0.05, 0) is 38.1 Å². The molecule has 0 bridgehead atoms. The fraction of sp³-hybridized carbons (Fsp3) is 0.692. The van der Waals surface area contributed by atoms with Crippen molar-refractivity contribution in [3.8, 4) is 6.07 Å². The number of nitriles is 1. The van der Waals surface area contributed by atoms with Crippen molar-refractivity contribution in [2.24, 2.45) is 5.92 Å². The Hall–Kier alpha value is -0.830. The van der Waals surface area contributed by atoms with Gasteiger partial charge in [0.2, 0.25) is 0 Å². The second-order valence-electron chi connectivity index (χ2n) is 5.34. The molecule has 2 aliphatic rings. The first-order chi connectivity index (χ1) is 9.26. The van der Waals surface area contributed by atoms with Crippen LogP contribution in [-0.2, 0) is 0 Å². The minimum absolute atomic E-state index is 0.344. The molecule has 102 valence electrons. The Balaban J connectivity index is 1.52. The fourth-order valence-corrected chi connectivity index (χ4v) is 3.52. The molecule has 1 aliphatic carbocycles. The van der Waals surface area contributed by atoms with Crippen molar-refractivity contribution < 1.29 is 0 Å². The highest BCUT2D eigenvalue weighted by Crippen LogP contribution is 2.31. The lowest BCUT2D eigenvalue weighted by atomic mass is 10.1. The number of piperidine rings is 1. The molecule has 0 radical (unpaired) electrons. The highest BCUT2D eigenvalue weighted by atomic mass is 35.5. The zero-order chi connectivity index (χ0) is 13.2. The molecule has 1 aromatic rings. The molecule has 1 aliphatic heterocycles. The quantitative estimate of drug-likeness (QED) is 0.928. The van der Waals surface area contributed by atoms with E-state index in [1.807, 2.05) is 0 Å². The van der Waals surface area contributed by atoms with Gasteiger partial charge in [-0.15, -0.1) is 0 Å². The Morgan fingerprint density at radius 3 is 2.68 bits per heavy atom. The molecule has 19 heavy (non-hydrogen) atoms. The topological polar surface area (TPSA) is 52.0 Å². The number of hydrogen-bond acceptors (Lipinski definition) is 5. The standard InChI is InChI=1S/C13H17ClN4S/c14-12-11(7-15)19-13(17-12)18-5-3-10(4-6-18)16-8-9-1-2-9/h9-10,16H,1-6,8H2. The minimum atomic E-state index is 0.344. The van der Waals surface area contributed by atoms with Crippen LogP contribution in [0, 0.1) is 17.2 Å². The molecule has 1 aromatic heterocycles. The van der Waals surface area contributed by atoms with E-state index in [-0.39, 0.29) is 0 Å². The summed E-state index contributed by atoms with van der Waals surface area (Å²) in [5.41, 5.74) is 0. The molecule has 2 fully saturated rings. The summed E-state index contributed by atoms with van der Waals surface area (Å²) in [6, 6.07) is 2.73. The van der Waals surface area contributed by atoms with E-state index in [1.54, 1.807) is 0 Å². The van der Waals surface area contributed by atoms with Crippen molar-refractivity contribution >= 4 is 28.1 Å². The smallest absolute Gasteiger partial charge is 0.188 e. The van der Waals surface area contributed by atoms with Gasteiger partial charge in [-0.25, -0.2) is 4.98 Å². The van der Waals surface area contributed by atoms with E-state index in [2.05, 4.69) is 21.3 Å². The molecule has 6 heteroatoms. The summed E-state index contributed by atoms with van der Waals surface area (Å²) in [6.45, 7) is 3.18. The Kier molecular flexibility index (Phi) is 3.92. The Morgan fingerprint density at radius 2 is 2.11 bits per heavy atom. The highest BCUT2D eigenvalue weighted by Gasteiger charge is 2.25. The lowest BCUT2D eigenvalue weighted by molar-refractivity contribution is 0.408. The third-order valence-electron chi connectivity index (χ3n) is 3.83. The molecular formula is C13H17ClN4S. The molecule has 0 atom stereocenters. The van der Waals surface area contributed by atoms with E-state index in [9.17, 15) is 0 Å². The number of rotatable bonds is 4. The van der Waals surface area contributed by atoms with E-state index in [1.165, 1.54) is 30.7 Å². The van der Waals surface area contributed by atoms with Gasteiger partial charge in [0.25, 0.3) is 0 Å². The number of nitrogens with zero attached hydrogens (tertiary/aromatic N) is 3. The van der Waals surface area contributed by atoms with Crippen LogP contribution in [-0.4, -0.2) is 30.7 Å². The maximum absolute atomic E-state index is 8.91. The van der Waals surface area contributed by atoms with Crippen LogP contribution in [0.1, 0.15) is 30.6 Å². The van der Waals surface area contributed by atoms with Gasteiger partial charge in [-0.2, -0.15) is 5.26 Å². The Bertz CT molecular complexity index is 483. The SMILES string of the molecule is N#Cc1sc(N2CCC(NCC3CC3)CC2)nc1Cl. The summed E-state index contributed by atoms with van der Waals surface area (Å²) in [6.07, 6.45) is 5.10. The summed E-state index contributed by atoms with van der Waals surface area (Å²) in [5.74, 6) is 0.939. The monoisotopic (exact) mass is 296 g/mol. The first kappa shape index (κ1) is 13.2. The van der Waals surface area contributed by atoms with Crippen molar-refractivity contribution in [3.05, 3.63) is 10.0 Å². The van der Waals surface area contributed by atoms with Gasteiger partial charge in [0.15, 0.2) is 10.3 Å². The molecule has 1 saturated heterocycles. The molecule has 2 heterocycles. The normalized spacial score (nSPS) is 20.5. The van der Waals surface area contributed by atoms with Crippen molar-refractivity contribution in [3.63, 3.8) is 0 Å². The number of aromatic nitrogens is 1. The van der Waals surface area contributed by atoms with Gasteiger partial charge >= 0.3 is 0 Å². The largest absolute Gasteiger partial charge is 0.348 e. The molecule has 4 nitrogen and oxygen atoms in total. The Labute approximate surface area is 122 Å². The first-order valence-electron chi connectivity index (χ1n) is 6.81. The lowest BCUT2D eigenvalue weighted by Crippen LogP contribution is -2.43. The van der Waals surface area contributed by atoms with Crippen LogP contribution in [0.15, 0.2) is 0 Å². The molecule has 0 unspecified atom stereocenters. The average Bonchev–Trinajstić information content (AvgIpc) is 3.19. The van der Waals surface area contributed by atoms with E-state index < -0.39 is 0 Å². The number of thiazole rings is 1. The van der Waals surface area contributed by atoms with E-state index >= 15 is 0 Å². The van der Waals surface area contributed by atoms with Crippen LogP contribution in [0.2, 0.25) is 5.15 Å². The van der Waals surface area contributed by atoms with Gasteiger partial charge in [-0.3, -0.25) is 0 Å². The van der Waals surface area contributed by atoms with E-state index in [0.29, 0.717) is 16.1 Å². The number of nitrogens with one attached hydrogen (secondary N) is 1. The van der Waals surface area contributed by atoms with Gasteiger partial charge in [0, 0.05) is 19.1 Å². The van der Waals surface area contributed by atoms with Gasteiger partial charge in [0.05, 0.1) is 0 Å². The van der Waals surface area contributed by atoms with Crippen LogP contribution in [0.4, 0.5) is 5.13 Å². The summed E-state index contributed by atoms with van der Waals surface area (Å²) in [7, 11) is 0. The number of hydrogen-bond donors (Lipinski definition) is 1. The van der Waals surface area contributed by atoms with Crippen LogP contribution < -0.4 is 10.2 Å². The molecule has 1 N–H and O–H groups in total. The molecule has 1 saturated carbocycles. The minimum Gasteiger partial charge on any atom is -0.348 e. The first-order valence-corrected chi connectivity index (χ1v) is 8.00. The predicted octanol–water partition coefficient (Wildman–Crippen LogP) is 2.64. The molecule has 0 amide bonds. The molecule has 0 spiro atoms. The van der Waals surface area contributed by atoms with E-state index in [0.717, 1.165) is 37.0 Å². The van der Waals surface area contributed by atoms with Crippen LogP contribution >= 0.6 is 22.9 Å². The van der Waals surface area contributed by atoms with Crippen LogP contribution in [0.25, 0.3) is 0 Å². The number of anilines is 1. The molecule has 3 rings (SSSR count). The maximum atomic E-state index is 8.91. The fourth-order valence-electron chi connectivity index (χ4n) is 2.43. The molecular weight excluding hydrogens is 280 g/mol. The van der Waals surface area contributed by atoms with Crippen molar-refractivity contribution in [2.45, 2.75) is 31.7 Å². The lowest BCUT2D eigenvalue weighted by Gasteiger charge is -2.32. The van der Waals surface area contributed by atoms with Crippen molar-refractivity contribution in [1.29, 1.82) is 5.26 Å². The Morgan fingerprint density at radius 1 is 1.37 bits per heavy atom. The summed E-state index contributed by atoms with van der Waals surface area (Å²) in [5, 5.41) is 13.8. The van der Waals surface area contributed by atoms with Gasteiger partial charge in [0.1, 0.15) is 10.9 Å². The van der Waals surface area contributed by atoms with Crippen molar-refractivity contribution in [1.82, 2.24) is 10.3 Å². The predicted molar refractivity (Wildman–Crippen MR) is 77.8 cm³/mol. The molecule has 0 aromatic carbocycles. The third-order valence-corrected chi connectivity index (χ3v) is 5.24. The summed E-state index contributed by atoms with van der Waals surface area (Å²) < 4.78 is 0. The summed E-state index contributed by atoms with van der Waals surface area (Å²) in [4.78, 5) is 7.04. The zero-order valence-electron chi connectivity index (χ0n) is 10.7. The second-order valence-corrected chi connectivity index (χ2v) is 6.68.